The van der Waals surface area contributed by atoms with Crippen LogP contribution < -0.4 is 10.4 Å². The lowest BCUT2D eigenvalue weighted by molar-refractivity contribution is -0.262. The fourth-order valence-corrected chi connectivity index (χ4v) is 9.35. The lowest BCUT2D eigenvalue weighted by Crippen LogP contribution is -2.70. The maximum atomic E-state index is 13.6. The van der Waals surface area contributed by atoms with E-state index in [9.17, 15) is 19.5 Å². The van der Waals surface area contributed by atoms with Crippen LogP contribution in [0.3, 0.4) is 0 Å². The van der Waals surface area contributed by atoms with Gasteiger partial charge >= 0.3 is 17.6 Å². The average Bonchev–Trinajstić information content (AvgIpc) is 3.02. The normalized spacial score (nSPS) is 35.6. The van der Waals surface area contributed by atoms with Crippen LogP contribution >= 0.6 is 0 Å². The highest BCUT2D eigenvalue weighted by Gasteiger charge is 2.70. The molecule has 250 valence electrons. The van der Waals surface area contributed by atoms with Crippen LogP contribution in [0.5, 0.6) is 5.75 Å². The van der Waals surface area contributed by atoms with E-state index in [4.69, 9.17) is 18.6 Å². The highest BCUT2D eigenvalue weighted by atomic mass is 16.6. The van der Waals surface area contributed by atoms with Gasteiger partial charge in [-0.1, -0.05) is 27.2 Å². The molecule has 8 atom stereocenters. The summed E-state index contributed by atoms with van der Waals surface area (Å²) in [7, 11) is 0. The summed E-state index contributed by atoms with van der Waals surface area (Å²) in [6.07, 6.45) is 7.10. The van der Waals surface area contributed by atoms with Crippen LogP contribution in [0.1, 0.15) is 91.2 Å². The van der Waals surface area contributed by atoms with Gasteiger partial charge in [-0.2, -0.15) is 0 Å². The van der Waals surface area contributed by atoms with Crippen molar-refractivity contribution in [2.75, 3.05) is 26.2 Å². The van der Waals surface area contributed by atoms with E-state index in [0.29, 0.717) is 18.5 Å². The number of hydrogen-bond acceptors (Lipinski definition) is 10. The Morgan fingerprint density at radius 2 is 1.93 bits per heavy atom. The van der Waals surface area contributed by atoms with Gasteiger partial charge in [-0.25, -0.2) is 4.79 Å². The Hall–Kier alpha value is -3.24. The number of carbonyl (C=O) groups is 2. The Labute approximate surface area is 270 Å². The third-order valence-corrected chi connectivity index (χ3v) is 12.0. The van der Waals surface area contributed by atoms with Crippen LogP contribution in [0.25, 0.3) is 11.3 Å². The van der Waals surface area contributed by atoms with E-state index in [1.807, 2.05) is 6.92 Å². The summed E-state index contributed by atoms with van der Waals surface area (Å²) < 4.78 is 24.6. The number of fused-ring (bicyclic) bond motifs is 4. The molecule has 0 bridgehead atoms. The van der Waals surface area contributed by atoms with E-state index in [-0.39, 0.29) is 53.9 Å². The van der Waals surface area contributed by atoms with Crippen LogP contribution in [-0.2, 0) is 19.1 Å². The molecule has 6 rings (SSSR count). The van der Waals surface area contributed by atoms with Crippen molar-refractivity contribution >= 4 is 11.9 Å². The third-order valence-electron chi connectivity index (χ3n) is 12.0. The highest BCUT2D eigenvalue weighted by molar-refractivity contribution is 5.70. The number of hydrogen-bond donors (Lipinski definition) is 1. The van der Waals surface area contributed by atoms with Gasteiger partial charge in [-0.05, 0) is 81.5 Å². The van der Waals surface area contributed by atoms with Crippen LogP contribution in [0.4, 0.5) is 0 Å². The van der Waals surface area contributed by atoms with Crippen LogP contribution in [0.15, 0.2) is 39.8 Å². The summed E-state index contributed by atoms with van der Waals surface area (Å²) >= 11 is 0. The minimum absolute atomic E-state index is 0.0764. The lowest BCUT2D eigenvalue weighted by atomic mass is 9.41. The number of aliphatic hydroxyl groups is 1. The lowest BCUT2D eigenvalue weighted by Gasteiger charge is -2.66. The van der Waals surface area contributed by atoms with E-state index in [0.717, 1.165) is 38.8 Å². The summed E-state index contributed by atoms with van der Waals surface area (Å²) in [4.78, 5) is 45.6. The van der Waals surface area contributed by atoms with Gasteiger partial charge in [0.15, 0.2) is 0 Å². The van der Waals surface area contributed by atoms with Gasteiger partial charge in [0.2, 0.25) is 0 Å². The number of esters is 2. The van der Waals surface area contributed by atoms with Crippen molar-refractivity contribution in [2.24, 2.45) is 28.6 Å². The fourth-order valence-electron chi connectivity index (χ4n) is 9.35. The Balaban J connectivity index is 1.40. The molecule has 0 spiro atoms. The molecule has 10 nitrogen and oxygen atoms in total. The second-order valence-electron chi connectivity index (χ2n) is 14.8. The second kappa shape index (κ2) is 12.4. The number of likely N-dealkylation sites (tertiary alicyclic amines) is 1. The Morgan fingerprint density at radius 1 is 1.17 bits per heavy atom. The number of aromatic nitrogens is 1. The zero-order valence-electron chi connectivity index (χ0n) is 27.8. The van der Waals surface area contributed by atoms with Gasteiger partial charge in [-0.15, -0.1) is 0 Å². The van der Waals surface area contributed by atoms with Gasteiger partial charge in [0.1, 0.15) is 28.8 Å². The van der Waals surface area contributed by atoms with Crippen LogP contribution in [0, 0.1) is 28.6 Å². The van der Waals surface area contributed by atoms with Crippen molar-refractivity contribution in [2.45, 2.75) is 97.4 Å². The molecule has 10 heteroatoms. The third kappa shape index (κ3) is 5.65. The monoisotopic (exact) mass is 636 g/mol. The molecule has 0 amide bonds. The predicted molar refractivity (Wildman–Crippen MR) is 170 cm³/mol. The summed E-state index contributed by atoms with van der Waals surface area (Å²) in [6, 6.07) is 5.17. The molecule has 0 radical (unpaired) electrons. The summed E-state index contributed by atoms with van der Waals surface area (Å²) in [5.74, 6) is -0.668. The first-order chi connectivity index (χ1) is 21.9. The van der Waals surface area contributed by atoms with E-state index in [1.54, 1.807) is 30.6 Å². The van der Waals surface area contributed by atoms with E-state index >= 15 is 0 Å². The summed E-state index contributed by atoms with van der Waals surface area (Å²) in [5.41, 5.74) is -2.15. The standard InChI is InChI=1S/C36H48N2O8/c1-22-11-13-34(3)27(35(22,4)21-43-23(2)39)19-28(45-29(40)12-17-38-15-7-6-8-16-38)36(5)32(34)31(41)30-26(46-36)18-25(44-33(30)42)24-10-9-14-37-20-24/h9-10,14,18,20,22,27-28,31-32,41H,6-8,11-13,15-17,19,21H2,1-5H3/t22-,27?,28-,31-,32?,34-,35+,36+/m0/s1. The average molecular weight is 637 g/mol. The maximum absolute atomic E-state index is 13.6. The first kappa shape index (κ1) is 32.7. The predicted octanol–water partition coefficient (Wildman–Crippen LogP) is 5.32. The SMILES string of the molecule is CC(=O)OC[C@@]1(C)C2C[C@H](OC(=O)CCN3CCCCC3)[C@@]3(C)Oc4cc(-c5cccnc5)oc(=O)c4[C@H](O)C3[C@@]2(C)CC[C@@H]1C. The Kier molecular flexibility index (Phi) is 8.82. The smallest absolute Gasteiger partial charge is 0.345 e. The zero-order valence-corrected chi connectivity index (χ0v) is 27.8. The number of rotatable bonds is 7. The zero-order chi connectivity index (χ0) is 32.9. The maximum Gasteiger partial charge on any atom is 0.345 e. The van der Waals surface area contributed by atoms with Crippen molar-refractivity contribution in [3.63, 3.8) is 0 Å². The molecule has 3 fully saturated rings. The van der Waals surface area contributed by atoms with E-state index < -0.39 is 40.2 Å². The van der Waals surface area contributed by atoms with Crippen molar-refractivity contribution in [1.82, 2.24) is 9.88 Å². The van der Waals surface area contributed by atoms with Crippen molar-refractivity contribution in [3.05, 3.63) is 46.6 Å². The topological polar surface area (TPSA) is 128 Å². The van der Waals surface area contributed by atoms with Crippen molar-refractivity contribution in [1.29, 1.82) is 0 Å². The Bertz CT molecular complexity index is 1510. The van der Waals surface area contributed by atoms with E-state index in [1.165, 1.54) is 13.3 Å². The van der Waals surface area contributed by atoms with E-state index in [2.05, 4.69) is 30.7 Å². The molecule has 2 saturated carbocycles. The number of pyridine rings is 1. The molecule has 2 aromatic rings. The minimum Gasteiger partial charge on any atom is -0.482 e. The fraction of sp³-hybridized carbons (Fsp3) is 0.667. The quantitative estimate of drug-likeness (QED) is 0.399. The number of aliphatic hydroxyl groups excluding tert-OH is 1. The molecule has 0 aromatic carbocycles. The molecular formula is C36H48N2O8. The van der Waals surface area contributed by atoms with Gasteiger partial charge < -0.3 is 28.6 Å². The second-order valence-corrected chi connectivity index (χ2v) is 14.8. The first-order valence-electron chi connectivity index (χ1n) is 16.9. The minimum atomic E-state index is -1.23. The molecule has 1 N–H and O–H groups in total. The highest BCUT2D eigenvalue weighted by Crippen LogP contribution is 2.68. The molecule has 2 aliphatic heterocycles. The van der Waals surface area contributed by atoms with Gasteiger partial charge in [0.25, 0.3) is 0 Å². The van der Waals surface area contributed by atoms with Gasteiger partial charge in [0, 0.05) is 48.8 Å². The first-order valence-corrected chi connectivity index (χ1v) is 16.9. The summed E-state index contributed by atoms with van der Waals surface area (Å²) in [6.45, 7) is 12.6. The van der Waals surface area contributed by atoms with Crippen molar-refractivity contribution < 1.29 is 33.3 Å². The molecule has 1 saturated heterocycles. The van der Waals surface area contributed by atoms with Gasteiger partial charge in [-0.3, -0.25) is 14.6 Å². The van der Waals surface area contributed by atoms with Crippen molar-refractivity contribution in [3.8, 4) is 17.1 Å². The number of nitrogens with zero attached hydrogens (tertiary/aromatic N) is 2. The number of ether oxygens (including phenoxy) is 3. The number of piperidine rings is 1. The molecule has 2 aliphatic carbocycles. The molecule has 2 aromatic heterocycles. The molecule has 2 unspecified atom stereocenters. The molecule has 46 heavy (non-hydrogen) atoms. The van der Waals surface area contributed by atoms with Gasteiger partial charge in [0.05, 0.1) is 19.1 Å². The molecule has 4 heterocycles. The van der Waals surface area contributed by atoms with Crippen LogP contribution in [-0.4, -0.2) is 64.9 Å². The Morgan fingerprint density at radius 3 is 2.63 bits per heavy atom. The molecular weight excluding hydrogens is 588 g/mol. The molecule has 4 aliphatic rings. The number of carbonyl (C=O) groups excluding carboxylic acids is 2. The largest absolute Gasteiger partial charge is 0.482 e. The van der Waals surface area contributed by atoms with Crippen LogP contribution in [0.2, 0.25) is 0 Å². The summed E-state index contributed by atoms with van der Waals surface area (Å²) in [5, 5.41) is 12.3.